The number of halogens is 3. The monoisotopic (exact) mass is 404 g/mol. The molecule has 2 N–H and O–H groups in total. The summed E-state index contributed by atoms with van der Waals surface area (Å²) < 4.78 is 40.5. The number of phenolic OH excluding ortho intramolecular Hbond substituents is 1. The molecule has 4 rings (SSSR count). The number of carbonyl (C=O) groups is 1. The fraction of sp³-hybridized carbons (Fsp3) is 0.350. The van der Waals surface area contributed by atoms with E-state index in [4.69, 9.17) is 0 Å². The molecule has 1 aromatic carbocycles. The number of hydrogen-bond acceptors (Lipinski definition) is 4. The summed E-state index contributed by atoms with van der Waals surface area (Å²) in [4.78, 5) is 19.0. The van der Waals surface area contributed by atoms with Crippen LogP contribution in [0.5, 0.6) is 5.75 Å². The average molecular weight is 404 g/mol. The van der Waals surface area contributed by atoms with Crippen molar-refractivity contribution in [3.05, 3.63) is 41.6 Å². The smallest absolute Gasteiger partial charge is 0.433 e. The maximum atomic E-state index is 13.5. The van der Waals surface area contributed by atoms with Gasteiger partial charge in [0.1, 0.15) is 11.4 Å². The molecule has 6 nitrogen and oxygen atoms in total. The highest BCUT2D eigenvalue weighted by Gasteiger charge is 2.38. The van der Waals surface area contributed by atoms with Gasteiger partial charge < -0.3 is 10.0 Å². The minimum atomic E-state index is -4.69. The quantitative estimate of drug-likeness (QED) is 0.670. The van der Waals surface area contributed by atoms with Crippen LogP contribution in [0.15, 0.2) is 30.3 Å². The van der Waals surface area contributed by atoms with Crippen LogP contribution in [0.3, 0.4) is 0 Å². The van der Waals surface area contributed by atoms with Gasteiger partial charge in [-0.05, 0) is 49.1 Å². The summed E-state index contributed by atoms with van der Waals surface area (Å²) in [5.74, 6) is -0.128. The fourth-order valence-electron chi connectivity index (χ4n) is 3.72. The number of aromatic nitrogens is 3. The zero-order chi connectivity index (χ0) is 20.8. The largest absolute Gasteiger partial charge is 0.508 e. The molecule has 0 spiro atoms. The van der Waals surface area contributed by atoms with Gasteiger partial charge in [-0.1, -0.05) is 6.92 Å². The van der Waals surface area contributed by atoms with E-state index in [1.807, 2.05) is 12.0 Å². The van der Waals surface area contributed by atoms with E-state index < -0.39 is 17.8 Å². The number of piperidine rings is 1. The average Bonchev–Trinajstić information content (AvgIpc) is 3.12. The number of pyridine rings is 1. The zero-order valence-electron chi connectivity index (χ0n) is 15.6. The van der Waals surface area contributed by atoms with Gasteiger partial charge in [0.2, 0.25) is 0 Å². The third-order valence-electron chi connectivity index (χ3n) is 5.15. The molecule has 0 aliphatic carbocycles. The number of nitrogens with zero attached hydrogens (tertiary/aromatic N) is 3. The van der Waals surface area contributed by atoms with E-state index >= 15 is 0 Å². The van der Waals surface area contributed by atoms with Crippen LogP contribution in [-0.2, 0) is 6.18 Å². The lowest BCUT2D eigenvalue weighted by Crippen LogP contribution is -2.39. The van der Waals surface area contributed by atoms with E-state index in [0.717, 1.165) is 12.8 Å². The number of alkyl halides is 3. The van der Waals surface area contributed by atoms with Gasteiger partial charge in [0.05, 0.1) is 16.6 Å². The van der Waals surface area contributed by atoms with Crippen LogP contribution in [0.2, 0.25) is 0 Å². The third kappa shape index (κ3) is 3.64. The Morgan fingerprint density at radius 3 is 2.66 bits per heavy atom. The summed E-state index contributed by atoms with van der Waals surface area (Å²) in [5, 5.41) is 14.9. The van der Waals surface area contributed by atoms with E-state index in [1.54, 1.807) is 17.0 Å². The molecular formula is C20H19F3N4O2. The van der Waals surface area contributed by atoms with Crippen molar-refractivity contribution < 1.29 is 23.1 Å². The van der Waals surface area contributed by atoms with E-state index in [-0.39, 0.29) is 28.3 Å². The molecule has 0 saturated carbocycles. The second-order valence-electron chi connectivity index (χ2n) is 7.40. The summed E-state index contributed by atoms with van der Waals surface area (Å²) >= 11 is 0. The number of aromatic amines is 1. The van der Waals surface area contributed by atoms with Gasteiger partial charge in [0, 0.05) is 18.7 Å². The van der Waals surface area contributed by atoms with Crippen molar-refractivity contribution in [2.75, 3.05) is 13.1 Å². The van der Waals surface area contributed by atoms with Crippen LogP contribution in [0.4, 0.5) is 13.2 Å². The molecule has 0 unspecified atom stereocenters. The van der Waals surface area contributed by atoms with Crippen molar-refractivity contribution >= 4 is 16.9 Å². The molecule has 152 valence electrons. The van der Waals surface area contributed by atoms with Crippen molar-refractivity contribution in [1.82, 2.24) is 20.1 Å². The summed E-state index contributed by atoms with van der Waals surface area (Å²) in [7, 11) is 0. The Labute approximate surface area is 164 Å². The number of nitrogens with one attached hydrogen (secondary N) is 1. The molecule has 1 atom stereocenters. The van der Waals surface area contributed by atoms with Crippen LogP contribution < -0.4 is 0 Å². The lowest BCUT2D eigenvalue weighted by Gasteiger charge is -2.31. The SMILES string of the molecule is C[C@H]1CCCN(C(=O)c2cc(-c3ccc(O)cc3)nc3n[nH]c(C(F)(F)F)c23)C1. The summed E-state index contributed by atoms with van der Waals surface area (Å²) in [5.41, 5.74) is -0.455. The number of hydrogen-bond donors (Lipinski definition) is 2. The van der Waals surface area contributed by atoms with Gasteiger partial charge >= 0.3 is 6.18 Å². The second kappa shape index (κ2) is 7.06. The van der Waals surface area contributed by atoms with Crippen LogP contribution in [0.1, 0.15) is 35.8 Å². The van der Waals surface area contributed by atoms with Gasteiger partial charge in [-0.2, -0.15) is 18.3 Å². The number of H-pyrrole nitrogens is 1. The Morgan fingerprint density at radius 2 is 2.00 bits per heavy atom. The predicted molar refractivity (Wildman–Crippen MR) is 100 cm³/mol. The number of amides is 1. The molecule has 29 heavy (non-hydrogen) atoms. The normalized spacial score (nSPS) is 17.7. The van der Waals surface area contributed by atoms with E-state index in [0.29, 0.717) is 24.3 Å². The Hall–Kier alpha value is -3.10. The summed E-state index contributed by atoms with van der Waals surface area (Å²) in [6, 6.07) is 7.43. The van der Waals surface area contributed by atoms with E-state index in [9.17, 15) is 23.1 Å². The first-order chi connectivity index (χ1) is 13.7. The maximum absolute atomic E-state index is 13.5. The first kappa shape index (κ1) is 19.2. The molecule has 1 saturated heterocycles. The molecule has 1 aliphatic rings. The van der Waals surface area contributed by atoms with Crippen molar-refractivity contribution in [3.8, 4) is 17.0 Å². The molecule has 3 heterocycles. The lowest BCUT2D eigenvalue weighted by molar-refractivity contribution is -0.139. The van der Waals surface area contributed by atoms with Gasteiger partial charge in [-0.3, -0.25) is 9.89 Å². The Bertz CT molecular complexity index is 1060. The van der Waals surface area contributed by atoms with Gasteiger partial charge in [0.25, 0.3) is 5.91 Å². The second-order valence-corrected chi connectivity index (χ2v) is 7.40. The van der Waals surface area contributed by atoms with Gasteiger partial charge in [-0.25, -0.2) is 4.98 Å². The number of benzene rings is 1. The highest BCUT2D eigenvalue weighted by molar-refractivity contribution is 6.07. The summed E-state index contributed by atoms with van der Waals surface area (Å²) in [6.45, 7) is 3.01. The molecule has 0 radical (unpaired) electrons. The molecule has 9 heteroatoms. The van der Waals surface area contributed by atoms with Crippen LogP contribution in [0, 0.1) is 5.92 Å². The minimum absolute atomic E-state index is 0.0487. The third-order valence-corrected chi connectivity index (χ3v) is 5.15. The standard InChI is InChI=1S/C20H19F3N4O2/c1-11-3-2-8-27(10-11)19(29)14-9-15(12-4-6-13(28)7-5-12)24-18-16(14)17(25-26-18)20(21,22)23/h4-7,9,11,28H,2-3,8,10H2,1H3,(H,24,25,26)/t11-/m0/s1. The van der Waals surface area contributed by atoms with Gasteiger partial charge in [-0.15, -0.1) is 0 Å². The predicted octanol–water partition coefficient (Wildman–Crippen LogP) is 4.22. The van der Waals surface area contributed by atoms with Crippen LogP contribution in [-0.4, -0.2) is 44.2 Å². The van der Waals surface area contributed by atoms with Crippen molar-refractivity contribution in [2.24, 2.45) is 5.92 Å². The molecule has 1 fully saturated rings. The zero-order valence-corrected chi connectivity index (χ0v) is 15.6. The van der Waals surface area contributed by atoms with Crippen molar-refractivity contribution in [3.63, 3.8) is 0 Å². The number of fused-ring (bicyclic) bond motifs is 1. The number of carbonyl (C=O) groups excluding carboxylic acids is 1. The molecule has 1 aliphatic heterocycles. The van der Waals surface area contributed by atoms with Crippen molar-refractivity contribution in [1.29, 1.82) is 0 Å². The van der Waals surface area contributed by atoms with E-state index in [2.05, 4.69) is 10.1 Å². The Kier molecular flexibility index (Phi) is 4.68. The fourth-order valence-corrected chi connectivity index (χ4v) is 3.72. The molecule has 1 amide bonds. The van der Waals surface area contributed by atoms with Crippen molar-refractivity contribution in [2.45, 2.75) is 25.9 Å². The van der Waals surface area contributed by atoms with E-state index in [1.165, 1.54) is 18.2 Å². The minimum Gasteiger partial charge on any atom is -0.508 e. The summed E-state index contributed by atoms with van der Waals surface area (Å²) in [6.07, 6.45) is -2.90. The highest BCUT2D eigenvalue weighted by Crippen LogP contribution is 2.36. The highest BCUT2D eigenvalue weighted by atomic mass is 19.4. The Balaban J connectivity index is 1.89. The number of phenols is 1. The Morgan fingerprint density at radius 1 is 1.28 bits per heavy atom. The number of likely N-dealkylation sites (tertiary alicyclic amines) is 1. The molecule has 0 bridgehead atoms. The van der Waals surface area contributed by atoms with Crippen LogP contribution in [0.25, 0.3) is 22.3 Å². The van der Waals surface area contributed by atoms with Gasteiger partial charge in [0.15, 0.2) is 5.65 Å². The molecule has 2 aromatic heterocycles. The first-order valence-electron chi connectivity index (χ1n) is 9.29. The topological polar surface area (TPSA) is 82.1 Å². The van der Waals surface area contributed by atoms with Crippen LogP contribution >= 0.6 is 0 Å². The number of rotatable bonds is 2. The lowest BCUT2D eigenvalue weighted by atomic mass is 9.98. The molecule has 3 aromatic rings. The number of aromatic hydroxyl groups is 1. The first-order valence-corrected chi connectivity index (χ1v) is 9.29. The molecular weight excluding hydrogens is 385 g/mol. The maximum Gasteiger partial charge on any atom is 0.433 e.